The highest BCUT2D eigenvalue weighted by Gasteiger charge is 2.11. The third kappa shape index (κ3) is 1.97. The van der Waals surface area contributed by atoms with Crippen molar-refractivity contribution in [3.63, 3.8) is 0 Å². The number of carbonyl (C=O) groups is 1. The summed E-state index contributed by atoms with van der Waals surface area (Å²) in [6.45, 7) is 0.104. The normalized spacial score (nSPS) is 10.2. The Morgan fingerprint density at radius 2 is 2.38 bits per heavy atom. The minimum Gasteiger partial charge on any atom is -0.476 e. The SMILES string of the molecule is O=C(O)c1cc(Cn2cnccc2=O)on1. The highest BCUT2D eigenvalue weighted by atomic mass is 16.5. The van der Waals surface area contributed by atoms with Gasteiger partial charge in [-0.05, 0) is 0 Å². The summed E-state index contributed by atoms with van der Waals surface area (Å²) in [5.41, 5.74) is -0.435. The van der Waals surface area contributed by atoms with Gasteiger partial charge in [-0.3, -0.25) is 9.36 Å². The fourth-order valence-corrected chi connectivity index (χ4v) is 1.15. The quantitative estimate of drug-likeness (QED) is 0.781. The predicted octanol–water partition coefficient (Wildman–Crippen LogP) is -0.0222. The van der Waals surface area contributed by atoms with E-state index in [4.69, 9.17) is 9.63 Å². The van der Waals surface area contributed by atoms with Crippen LogP contribution in [-0.4, -0.2) is 25.8 Å². The Labute approximate surface area is 89.0 Å². The molecule has 0 aliphatic carbocycles. The third-order valence-corrected chi connectivity index (χ3v) is 1.90. The molecule has 82 valence electrons. The third-order valence-electron chi connectivity index (χ3n) is 1.90. The average Bonchev–Trinajstić information content (AvgIpc) is 2.70. The van der Waals surface area contributed by atoms with E-state index >= 15 is 0 Å². The Hall–Kier alpha value is -2.44. The zero-order valence-electron chi connectivity index (χ0n) is 8.03. The molecule has 2 heterocycles. The molecule has 0 bridgehead atoms. The van der Waals surface area contributed by atoms with E-state index in [0.717, 1.165) is 0 Å². The van der Waals surface area contributed by atoms with Gasteiger partial charge >= 0.3 is 5.97 Å². The van der Waals surface area contributed by atoms with Crippen LogP contribution < -0.4 is 5.56 Å². The van der Waals surface area contributed by atoms with E-state index in [0.29, 0.717) is 0 Å². The van der Waals surface area contributed by atoms with Crippen LogP contribution in [0.25, 0.3) is 0 Å². The largest absolute Gasteiger partial charge is 0.476 e. The van der Waals surface area contributed by atoms with Gasteiger partial charge in [-0.15, -0.1) is 0 Å². The van der Waals surface area contributed by atoms with E-state index in [1.54, 1.807) is 0 Å². The lowest BCUT2D eigenvalue weighted by atomic mass is 10.3. The standard InChI is InChI=1S/C9H7N3O4/c13-8-1-2-10-5-12(8)4-6-3-7(9(14)15)11-16-6/h1-3,5H,4H2,(H,14,15). The van der Waals surface area contributed by atoms with E-state index in [2.05, 4.69) is 10.1 Å². The van der Waals surface area contributed by atoms with E-state index in [9.17, 15) is 9.59 Å². The van der Waals surface area contributed by atoms with E-state index in [1.807, 2.05) is 0 Å². The van der Waals surface area contributed by atoms with E-state index in [-0.39, 0.29) is 23.6 Å². The maximum atomic E-state index is 11.3. The van der Waals surface area contributed by atoms with Gasteiger partial charge in [0.2, 0.25) is 0 Å². The molecule has 0 radical (unpaired) electrons. The van der Waals surface area contributed by atoms with Gasteiger partial charge in [-0.1, -0.05) is 5.16 Å². The van der Waals surface area contributed by atoms with Crippen molar-refractivity contribution in [1.82, 2.24) is 14.7 Å². The molecule has 16 heavy (non-hydrogen) atoms. The lowest BCUT2D eigenvalue weighted by molar-refractivity contribution is 0.0685. The monoisotopic (exact) mass is 221 g/mol. The van der Waals surface area contributed by atoms with Crippen molar-refractivity contribution >= 4 is 5.97 Å². The molecule has 2 rings (SSSR count). The van der Waals surface area contributed by atoms with Gasteiger partial charge in [0.25, 0.3) is 5.56 Å². The Morgan fingerprint density at radius 1 is 1.56 bits per heavy atom. The first-order chi connectivity index (χ1) is 7.66. The summed E-state index contributed by atoms with van der Waals surface area (Å²) in [6.07, 6.45) is 2.72. The summed E-state index contributed by atoms with van der Waals surface area (Å²) >= 11 is 0. The number of hydrogen-bond acceptors (Lipinski definition) is 5. The number of aromatic carboxylic acids is 1. The van der Waals surface area contributed by atoms with Crippen LogP contribution in [0.1, 0.15) is 16.2 Å². The molecule has 0 aliphatic heterocycles. The summed E-state index contributed by atoms with van der Waals surface area (Å²) < 4.78 is 6.05. The number of rotatable bonds is 3. The molecular formula is C9H7N3O4. The van der Waals surface area contributed by atoms with Crippen LogP contribution in [0.5, 0.6) is 0 Å². The molecule has 0 saturated carbocycles. The Morgan fingerprint density at radius 3 is 3.00 bits per heavy atom. The van der Waals surface area contributed by atoms with Gasteiger partial charge in [0.1, 0.15) is 0 Å². The topological polar surface area (TPSA) is 98.2 Å². The second-order valence-electron chi connectivity index (χ2n) is 3.03. The first kappa shape index (κ1) is 10.1. The van der Waals surface area contributed by atoms with Crippen LogP contribution in [0, 0.1) is 0 Å². The molecule has 1 N–H and O–H groups in total. The van der Waals surface area contributed by atoms with Crippen molar-refractivity contribution in [2.24, 2.45) is 0 Å². The average molecular weight is 221 g/mol. The highest BCUT2D eigenvalue weighted by Crippen LogP contribution is 2.04. The zero-order valence-corrected chi connectivity index (χ0v) is 8.03. The Balaban J connectivity index is 2.24. The first-order valence-corrected chi connectivity index (χ1v) is 4.36. The summed E-state index contributed by atoms with van der Waals surface area (Å²) in [7, 11) is 0. The number of carboxylic acids is 1. The molecule has 0 saturated heterocycles. The van der Waals surface area contributed by atoms with Gasteiger partial charge in [0, 0.05) is 18.3 Å². The van der Waals surface area contributed by atoms with Gasteiger partial charge in [-0.25, -0.2) is 9.78 Å². The maximum Gasteiger partial charge on any atom is 0.358 e. The smallest absolute Gasteiger partial charge is 0.358 e. The highest BCUT2D eigenvalue weighted by molar-refractivity contribution is 5.85. The van der Waals surface area contributed by atoms with Gasteiger partial charge < -0.3 is 9.63 Å². The van der Waals surface area contributed by atoms with Crippen molar-refractivity contribution in [3.8, 4) is 0 Å². The van der Waals surface area contributed by atoms with Crippen LogP contribution >= 0.6 is 0 Å². The molecule has 0 aromatic carbocycles. The van der Waals surface area contributed by atoms with Crippen molar-refractivity contribution in [2.45, 2.75) is 6.54 Å². The lowest BCUT2D eigenvalue weighted by Gasteiger charge is -1.98. The van der Waals surface area contributed by atoms with Crippen molar-refractivity contribution in [1.29, 1.82) is 0 Å². The van der Waals surface area contributed by atoms with Crippen LogP contribution in [-0.2, 0) is 6.54 Å². The summed E-state index contributed by atoms with van der Waals surface area (Å²) in [6, 6.07) is 2.57. The number of aromatic nitrogens is 3. The number of hydrogen-bond donors (Lipinski definition) is 1. The van der Waals surface area contributed by atoms with Crippen LogP contribution in [0.2, 0.25) is 0 Å². The molecule has 0 unspecified atom stereocenters. The van der Waals surface area contributed by atoms with Crippen LogP contribution in [0.4, 0.5) is 0 Å². The first-order valence-electron chi connectivity index (χ1n) is 4.36. The van der Waals surface area contributed by atoms with E-state index < -0.39 is 5.97 Å². The van der Waals surface area contributed by atoms with Gasteiger partial charge in [-0.2, -0.15) is 0 Å². The minimum absolute atomic E-state index is 0.104. The fourth-order valence-electron chi connectivity index (χ4n) is 1.15. The van der Waals surface area contributed by atoms with Crippen LogP contribution in [0.15, 0.2) is 34.0 Å². The Kier molecular flexibility index (Phi) is 2.50. The molecule has 7 nitrogen and oxygen atoms in total. The molecule has 2 aromatic heterocycles. The molecule has 0 fully saturated rings. The minimum atomic E-state index is -1.17. The summed E-state index contributed by atoms with van der Waals surface area (Å²) in [5.74, 6) is -0.888. The lowest BCUT2D eigenvalue weighted by Crippen LogP contribution is -2.18. The molecule has 0 atom stereocenters. The van der Waals surface area contributed by atoms with Crippen LogP contribution in [0.3, 0.4) is 0 Å². The molecule has 7 heteroatoms. The Bertz CT molecular complexity index is 572. The van der Waals surface area contributed by atoms with Gasteiger partial charge in [0.05, 0.1) is 12.9 Å². The molecule has 0 spiro atoms. The summed E-state index contributed by atoms with van der Waals surface area (Å²) in [4.78, 5) is 25.6. The molecular weight excluding hydrogens is 214 g/mol. The van der Waals surface area contributed by atoms with E-state index in [1.165, 1.54) is 29.2 Å². The number of nitrogens with zero attached hydrogens (tertiary/aromatic N) is 3. The second-order valence-corrected chi connectivity index (χ2v) is 3.03. The zero-order chi connectivity index (χ0) is 11.5. The molecule has 0 aliphatic rings. The molecule has 2 aromatic rings. The fraction of sp³-hybridized carbons (Fsp3) is 0.111. The maximum absolute atomic E-state index is 11.3. The second kappa shape index (κ2) is 3.97. The van der Waals surface area contributed by atoms with Gasteiger partial charge in [0.15, 0.2) is 11.5 Å². The van der Waals surface area contributed by atoms with Crippen molar-refractivity contribution < 1.29 is 14.4 Å². The summed E-state index contributed by atoms with van der Waals surface area (Å²) in [5, 5.41) is 11.9. The van der Waals surface area contributed by atoms with Crippen molar-refractivity contribution in [3.05, 3.63) is 46.5 Å². The number of carboxylic acid groups (broad SMARTS) is 1. The van der Waals surface area contributed by atoms with Crippen molar-refractivity contribution in [2.75, 3.05) is 0 Å². The predicted molar refractivity (Wildman–Crippen MR) is 51.1 cm³/mol. The molecule has 0 amide bonds.